The Labute approximate surface area is 110 Å². The Morgan fingerprint density at radius 2 is 2.00 bits per heavy atom. The molecule has 0 heterocycles. The average molecular weight is 242 g/mol. The molecule has 2 heteroatoms. The molecular formula is C16H22N2. The first-order valence-corrected chi connectivity index (χ1v) is 6.90. The van der Waals surface area contributed by atoms with E-state index < -0.39 is 0 Å². The van der Waals surface area contributed by atoms with E-state index in [0.29, 0.717) is 6.04 Å². The SMILES string of the molecule is CN(C)c1ccc(CNC2CC3CC=CC32)cc1. The van der Waals surface area contributed by atoms with Gasteiger partial charge in [0.05, 0.1) is 0 Å². The fourth-order valence-electron chi connectivity index (χ4n) is 3.11. The second kappa shape index (κ2) is 4.77. The lowest BCUT2D eigenvalue weighted by Crippen LogP contribution is -2.47. The standard InChI is InChI=1S/C16H22N2/c1-18(2)14-8-6-12(7-9-14)11-17-16-10-13-4-3-5-15(13)16/h3,5-9,13,15-17H,4,10-11H2,1-2H3. The molecule has 3 unspecified atom stereocenters. The highest BCUT2D eigenvalue weighted by Gasteiger charge is 2.40. The molecule has 18 heavy (non-hydrogen) atoms. The molecule has 0 saturated heterocycles. The van der Waals surface area contributed by atoms with Crippen molar-refractivity contribution < 1.29 is 0 Å². The van der Waals surface area contributed by atoms with Crippen LogP contribution in [0.3, 0.4) is 0 Å². The Morgan fingerprint density at radius 3 is 2.67 bits per heavy atom. The van der Waals surface area contributed by atoms with Crippen LogP contribution in [-0.2, 0) is 6.54 Å². The minimum Gasteiger partial charge on any atom is -0.378 e. The van der Waals surface area contributed by atoms with Gasteiger partial charge >= 0.3 is 0 Å². The maximum absolute atomic E-state index is 3.69. The quantitative estimate of drug-likeness (QED) is 0.817. The number of allylic oxidation sites excluding steroid dienone is 1. The lowest BCUT2D eigenvalue weighted by Gasteiger charge is -2.40. The fraction of sp³-hybridized carbons (Fsp3) is 0.500. The molecule has 0 radical (unpaired) electrons. The molecule has 96 valence electrons. The Balaban J connectivity index is 1.52. The van der Waals surface area contributed by atoms with Gasteiger partial charge in [0.25, 0.3) is 0 Å². The molecular weight excluding hydrogens is 220 g/mol. The predicted molar refractivity (Wildman–Crippen MR) is 76.8 cm³/mol. The first kappa shape index (κ1) is 11.8. The minimum atomic E-state index is 0.710. The Bertz CT molecular complexity index is 433. The summed E-state index contributed by atoms with van der Waals surface area (Å²) in [7, 11) is 4.16. The van der Waals surface area contributed by atoms with Crippen LogP contribution in [0.2, 0.25) is 0 Å². The summed E-state index contributed by atoms with van der Waals surface area (Å²) < 4.78 is 0. The Kier molecular flexibility index (Phi) is 3.13. The van der Waals surface area contributed by atoms with Gasteiger partial charge in [-0.05, 0) is 42.4 Å². The minimum absolute atomic E-state index is 0.710. The topological polar surface area (TPSA) is 15.3 Å². The van der Waals surface area contributed by atoms with Crippen molar-refractivity contribution in [2.24, 2.45) is 11.8 Å². The monoisotopic (exact) mass is 242 g/mol. The number of anilines is 1. The molecule has 1 N–H and O–H groups in total. The lowest BCUT2D eigenvalue weighted by molar-refractivity contribution is 0.162. The van der Waals surface area contributed by atoms with Crippen molar-refractivity contribution in [3.8, 4) is 0 Å². The van der Waals surface area contributed by atoms with Gasteiger partial charge in [0.2, 0.25) is 0 Å². The summed E-state index contributed by atoms with van der Waals surface area (Å²) in [4.78, 5) is 2.14. The molecule has 1 saturated carbocycles. The van der Waals surface area contributed by atoms with Gasteiger partial charge in [-0.3, -0.25) is 0 Å². The summed E-state index contributed by atoms with van der Waals surface area (Å²) in [5, 5.41) is 3.69. The number of fused-ring (bicyclic) bond motifs is 1. The van der Waals surface area contributed by atoms with Crippen LogP contribution in [0.5, 0.6) is 0 Å². The van der Waals surface area contributed by atoms with Crippen LogP contribution in [0, 0.1) is 11.8 Å². The van der Waals surface area contributed by atoms with Gasteiger partial charge in [-0.15, -0.1) is 0 Å². The number of rotatable bonds is 4. The molecule has 0 bridgehead atoms. The van der Waals surface area contributed by atoms with E-state index in [0.717, 1.165) is 18.4 Å². The summed E-state index contributed by atoms with van der Waals surface area (Å²) >= 11 is 0. The van der Waals surface area contributed by atoms with Crippen LogP contribution >= 0.6 is 0 Å². The normalized spacial score (nSPS) is 28.9. The van der Waals surface area contributed by atoms with Gasteiger partial charge in [0.1, 0.15) is 0 Å². The summed E-state index contributed by atoms with van der Waals surface area (Å²) in [6, 6.07) is 9.54. The first-order valence-electron chi connectivity index (χ1n) is 6.90. The van der Waals surface area contributed by atoms with Crippen molar-refractivity contribution >= 4 is 5.69 Å². The Hall–Kier alpha value is -1.28. The zero-order valence-electron chi connectivity index (χ0n) is 11.3. The largest absolute Gasteiger partial charge is 0.378 e. The van der Waals surface area contributed by atoms with Crippen LogP contribution in [0.1, 0.15) is 18.4 Å². The van der Waals surface area contributed by atoms with E-state index in [1.54, 1.807) is 0 Å². The third-order valence-corrected chi connectivity index (χ3v) is 4.38. The molecule has 1 aromatic rings. The van der Waals surface area contributed by atoms with E-state index in [4.69, 9.17) is 0 Å². The second-order valence-electron chi connectivity index (χ2n) is 5.79. The van der Waals surface area contributed by atoms with Crippen molar-refractivity contribution in [2.75, 3.05) is 19.0 Å². The van der Waals surface area contributed by atoms with E-state index in [1.807, 2.05) is 0 Å². The van der Waals surface area contributed by atoms with E-state index in [9.17, 15) is 0 Å². The first-order chi connectivity index (χ1) is 8.74. The van der Waals surface area contributed by atoms with Crippen molar-refractivity contribution in [3.63, 3.8) is 0 Å². The summed E-state index contributed by atoms with van der Waals surface area (Å²) in [5.41, 5.74) is 2.65. The number of nitrogens with one attached hydrogen (secondary N) is 1. The van der Waals surface area contributed by atoms with E-state index in [-0.39, 0.29) is 0 Å². The highest BCUT2D eigenvalue weighted by atomic mass is 15.1. The molecule has 2 aliphatic carbocycles. The second-order valence-corrected chi connectivity index (χ2v) is 5.79. The zero-order valence-corrected chi connectivity index (χ0v) is 11.3. The fourth-order valence-corrected chi connectivity index (χ4v) is 3.11. The van der Waals surface area contributed by atoms with Crippen LogP contribution in [-0.4, -0.2) is 20.1 Å². The highest BCUT2D eigenvalue weighted by molar-refractivity contribution is 5.45. The van der Waals surface area contributed by atoms with Crippen LogP contribution in [0.15, 0.2) is 36.4 Å². The van der Waals surface area contributed by atoms with Crippen molar-refractivity contribution in [2.45, 2.75) is 25.4 Å². The van der Waals surface area contributed by atoms with Gasteiger partial charge in [0, 0.05) is 32.4 Å². The molecule has 1 aromatic carbocycles. The third-order valence-electron chi connectivity index (χ3n) is 4.38. The van der Waals surface area contributed by atoms with E-state index >= 15 is 0 Å². The van der Waals surface area contributed by atoms with Gasteiger partial charge in [0.15, 0.2) is 0 Å². The Morgan fingerprint density at radius 1 is 1.22 bits per heavy atom. The van der Waals surface area contributed by atoms with Crippen molar-refractivity contribution in [1.29, 1.82) is 0 Å². The lowest BCUT2D eigenvalue weighted by atomic mass is 9.71. The molecule has 0 aliphatic heterocycles. The molecule has 2 aliphatic rings. The van der Waals surface area contributed by atoms with Gasteiger partial charge in [-0.1, -0.05) is 24.3 Å². The van der Waals surface area contributed by atoms with Crippen molar-refractivity contribution in [1.82, 2.24) is 5.32 Å². The van der Waals surface area contributed by atoms with E-state index in [1.165, 1.54) is 24.1 Å². The molecule has 0 spiro atoms. The molecule has 2 nitrogen and oxygen atoms in total. The number of hydrogen-bond donors (Lipinski definition) is 1. The third kappa shape index (κ3) is 2.17. The number of nitrogens with zero attached hydrogens (tertiary/aromatic N) is 1. The van der Waals surface area contributed by atoms with Crippen LogP contribution < -0.4 is 10.2 Å². The summed E-state index contributed by atoms with van der Waals surface area (Å²) in [6.07, 6.45) is 7.41. The maximum Gasteiger partial charge on any atom is 0.0361 e. The predicted octanol–water partition coefficient (Wildman–Crippen LogP) is 2.81. The smallest absolute Gasteiger partial charge is 0.0361 e. The molecule has 0 aromatic heterocycles. The number of hydrogen-bond acceptors (Lipinski definition) is 2. The molecule has 3 rings (SSSR count). The van der Waals surface area contributed by atoms with E-state index in [2.05, 4.69) is 60.7 Å². The van der Waals surface area contributed by atoms with Crippen LogP contribution in [0.4, 0.5) is 5.69 Å². The number of benzene rings is 1. The molecule has 3 atom stereocenters. The molecule has 1 fully saturated rings. The van der Waals surface area contributed by atoms with Gasteiger partial charge in [-0.2, -0.15) is 0 Å². The summed E-state index contributed by atoms with van der Waals surface area (Å²) in [5.74, 6) is 1.75. The van der Waals surface area contributed by atoms with Crippen molar-refractivity contribution in [3.05, 3.63) is 42.0 Å². The van der Waals surface area contributed by atoms with Gasteiger partial charge < -0.3 is 10.2 Å². The van der Waals surface area contributed by atoms with Gasteiger partial charge in [-0.25, -0.2) is 0 Å². The highest BCUT2D eigenvalue weighted by Crippen LogP contribution is 2.42. The zero-order chi connectivity index (χ0) is 12.5. The summed E-state index contributed by atoms with van der Waals surface area (Å²) in [6.45, 7) is 0.995. The average Bonchev–Trinajstić information content (AvgIpc) is 2.72. The maximum atomic E-state index is 3.69. The van der Waals surface area contributed by atoms with Crippen LogP contribution in [0.25, 0.3) is 0 Å². The molecule has 0 amide bonds.